The summed E-state index contributed by atoms with van der Waals surface area (Å²) in [6.07, 6.45) is 1.58. The standard InChI is InChI=1S/C19H15FN2O4/c1-2-11-4-3-5-15-16(11)17(21-24)19(23)22(15)8-12-6-14(20)7-13-9-25-10-26-18(12)13/h2-7,17H,1,8-10H2. The molecule has 0 fully saturated rings. The number of ether oxygens (including phenoxy) is 2. The molecule has 26 heavy (non-hydrogen) atoms. The zero-order valence-corrected chi connectivity index (χ0v) is 13.8. The van der Waals surface area contributed by atoms with E-state index in [9.17, 15) is 14.1 Å². The molecule has 132 valence electrons. The Kier molecular flexibility index (Phi) is 4.00. The third-order valence-electron chi connectivity index (χ3n) is 4.59. The molecule has 0 saturated carbocycles. The highest BCUT2D eigenvalue weighted by molar-refractivity contribution is 6.05. The Morgan fingerprint density at radius 2 is 2.23 bits per heavy atom. The summed E-state index contributed by atoms with van der Waals surface area (Å²) in [7, 11) is 0. The molecule has 0 saturated heterocycles. The van der Waals surface area contributed by atoms with Crippen LogP contribution in [0.2, 0.25) is 0 Å². The molecule has 7 heteroatoms. The molecule has 0 aliphatic carbocycles. The second kappa shape index (κ2) is 6.34. The molecule has 2 aromatic carbocycles. The van der Waals surface area contributed by atoms with E-state index in [2.05, 4.69) is 11.8 Å². The van der Waals surface area contributed by atoms with Gasteiger partial charge >= 0.3 is 0 Å². The minimum Gasteiger partial charge on any atom is -0.467 e. The van der Waals surface area contributed by atoms with Crippen molar-refractivity contribution in [2.75, 3.05) is 11.7 Å². The van der Waals surface area contributed by atoms with Gasteiger partial charge in [0, 0.05) is 16.7 Å². The summed E-state index contributed by atoms with van der Waals surface area (Å²) in [6.45, 7) is 4.10. The summed E-state index contributed by atoms with van der Waals surface area (Å²) in [5, 5.41) is 3.00. The fraction of sp³-hybridized carbons (Fsp3) is 0.211. The van der Waals surface area contributed by atoms with E-state index in [1.54, 1.807) is 24.3 Å². The average molecular weight is 354 g/mol. The molecule has 2 aliphatic rings. The molecule has 1 atom stereocenters. The van der Waals surface area contributed by atoms with Crippen molar-refractivity contribution in [3.63, 3.8) is 0 Å². The molecule has 0 bridgehead atoms. The van der Waals surface area contributed by atoms with Gasteiger partial charge in [0.05, 0.1) is 18.8 Å². The molecule has 2 heterocycles. The summed E-state index contributed by atoms with van der Waals surface area (Å²) in [5.74, 6) is -0.381. The van der Waals surface area contributed by atoms with Crippen molar-refractivity contribution in [2.24, 2.45) is 5.18 Å². The number of benzene rings is 2. The third-order valence-corrected chi connectivity index (χ3v) is 4.59. The van der Waals surface area contributed by atoms with Crippen LogP contribution >= 0.6 is 0 Å². The van der Waals surface area contributed by atoms with E-state index < -0.39 is 17.8 Å². The Hall–Kier alpha value is -3.06. The normalized spacial score (nSPS) is 18.1. The summed E-state index contributed by atoms with van der Waals surface area (Å²) < 4.78 is 24.7. The van der Waals surface area contributed by atoms with Crippen molar-refractivity contribution in [3.05, 3.63) is 69.9 Å². The van der Waals surface area contributed by atoms with Gasteiger partial charge in [-0.05, 0) is 23.8 Å². The molecule has 2 aliphatic heterocycles. The van der Waals surface area contributed by atoms with Crippen molar-refractivity contribution in [1.29, 1.82) is 0 Å². The molecule has 0 N–H and O–H groups in total. The number of anilines is 1. The van der Waals surface area contributed by atoms with Gasteiger partial charge in [-0.3, -0.25) is 4.79 Å². The van der Waals surface area contributed by atoms with Crippen LogP contribution in [-0.4, -0.2) is 12.7 Å². The molecule has 0 spiro atoms. The van der Waals surface area contributed by atoms with Gasteiger partial charge in [-0.2, -0.15) is 0 Å². The van der Waals surface area contributed by atoms with Crippen molar-refractivity contribution in [1.82, 2.24) is 0 Å². The lowest BCUT2D eigenvalue weighted by molar-refractivity contribution is -0.119. The Morgan fingerprint density at radius 3 is 3.00 bits per heavy atom. The van der Waals surface area contributed by atoms with Crippen LogP contribution in [0.4, 0.5) is 10.1 Å². The number of carbonyl (C=O) groups excluding carboxylic acids is 1. The van der Waals surface area contributed by atoms with Gasteiger partial charge in [0.1, 0.15) is 11.6 Å². The minimum atomic E-state index is -1.13. The second-order valence-corrected chi connectivity index (χ2v) is 6.08. The molecule has 6 nitrogen and oxygen atoms in total. The Bertz CT molecular complexity index is 928. The number of fused-ring (bicyclic) bond motifs is 2. The first-order valence-electron chi connectivity index (χ1n) is 8.05. The minimum absolute atomic E-state index is 0.0648. The van der Waals surface area contributed by atoms with E-state index in [1.807, 2.05) is 0 Å². The van der Waals surface area contributed by atoms with Crippen LogP contribution < -0.4 is 9.64 Å². The summed E-state index contributed by atoms with van der Waals surface area (Å²) in [5.41, 5.74) is 2.87. The largest absolute Gasteiger partial charge is 0.467 e. The van der Waals surface area contributed by atoms with Crippen LogP contribution in [0.25, 0.3) is 6.08 Å². The number of hydrogen-bond acceptors (Lipinski definition) is 5. The van der Waals surface area contributed by atoms with Gasteiger partial charge in [-0.25, -0.2) is 4.39 Å². The maximum atomic E-state index is 14.0. The summed E-state index contributed by atoms with van der Waals surface area (Å²) >= 11 is 0. The fourth-order valence-electron chi connectivity index (χ4n) is 3.48. The van der Waals surface area contributed by atoms with Crippen LogP contribution in [-0.2, 0) is 22.7 Å². The molecule has 2 aromatic rings. The van der Waals surface area contributed by atoms with Crippen LogP contribution in [0.1, 0.15) is 28.3 Å². The van der Waals surface area contributed by atoms with E-state index in [0.29, 0.717) is 33.7 Å². The molecular formula is C19H15FN2O4. The molecule has 1 amide bonds. The van der Waals surface area contributed by atoms with Crippen LogP contribution in [0.3, 0.4) is 0 Å². The molecule has 0 aromatic heterocycles. The smallest absolute Gasteiger partial charge is 0.260 e. The second-order valence-electron chi connectivity index (χ2n) is 6.08. The van der Waals surface area contributed by atoms with Crippen LogP contribution in [0.5, 0.6) is 5.75 Å². The van der Waals surface area contributed by atoms with Crippen molar-refractivity contribution >= 4 is 17.7 Å². The van der Waals surface area contributed by atoms with Crippen molar-refractivity contribution < 1.29 is 18.7 Å². The maximum Gasteiger partial charge on any atom is 0.260 e. The van der Waals surface area contributed by atoms with Gasteiger partial charge in [0.25, 0.3) is 5.91 Å². The lowest BCUT2D eigenvalue weighted by atomic mass is 10.0. The topological polar surface area (TPSA) is 68.2 Å². The third kappa shape index (κ3) is 2.48. The van der Waals surface area contributed by atoms with Gasteiger partial charge in [0.15, 0.2) is 12.8 Å². The fourth-order valence-corrected chi connectivity index (χ4v) is 3.48. The number of amides is 1. The van der Waals surface area contributed by atoms with Crippen LogP contribution in [0, 0.1) is 10.7 Å². The van der Waals surface area contributed by atoms with Gasteiger partial charge in [-0.15, -0.1) is 4.91 Å². The van der Waals surface area contributed by atoms with Crippen LogP contribution in [0.15, 0.2) is 42.1 Å². The number of nitrogens with zero attached hydrogens (tertiary/aromatic N) is 2. The Labute approximate surface area is 148 Å². The first-order chi connectivity index (χ1) is 12.6. The lowest BCUT2D eigenvalue weighted by Gasteiger charge is -2.24. The highest BCUT2D eigenvalue weighted by atomic mass is 19.1. The highest BCUT2D eigenvalue weighted by Gasteiger charge is 2.40. The van der Waals surface area contributed by atoms with Crippen molar-refractivity contribution in [2.45, 2.75) is 19.2 Å². The molecular weight excluding hydrogens is 339 g/mol. The van der Waals surface area contributed by atoms with Gasteiger partial charge in [-0.1, -0.05) is 30.0 Å². The SMILES string of the molecule is C=Cc1cccc2c1C(N=O)C(=O)N2Cc1cc(F)cc2c1OCOC2. The maximum absolute atomic E-state index is 14.0. The molecule has 1 unspecified atom stereocenters. The number of halogens is 1. The number of nitroso groups, excluding NO2 is 1. The zero-order valence-electron chi connectivity index (χ0n) is 13.8. The number of rotatable bonds is 4. The van der Waals surface area contributed by atoms with Gasteiger partial charge < -0.3 is 14.4 Å². The van der Waals surface area contributed by atoms with E-state index in [1.165, 1.54) is 17.0 Å². The van der Waals surface area contributed by atoms with E-state index in [-0.39, 0.29) is 19.9 Å². The lowest BCUT2D eigenvalue weighted by Crippen LogP contribution is -2.28. The van der Waals surface area contributed by atoms with Gasteiger partial charge in [0.2, 0.25) is 0 Å². The molecule has 0 radical (unpaired) electrons. The average Bonchev–Trinajstić information content (AvgIpc) is 2.93. The number of hydrogen-bond donors (Lipinski definition) is 0. The predicted octanol–water partition coefficient (Wildman–Crippen LogP) is 3.69. The Balaban J connectivity index is 1.79. The van der Waals surface area contributed by atoms with E-state index in [0.717, 1.165) is 0 Å². The first-order valence-corrected chi connectivity index (χ1v) is 8.05. The zero-order chi connectivity index (χ0) is 18.3. The Morgan fingerprint density at radius 1 is 1.38 bits per heavy atom. The van der Waals surface area contributed by atoms with Crippen molar-refractivity contribution in [3.8, 4) is 5.75 Å². The summed E-state index contributed by atoms with van der Waals surface area (Å²) in [6, 6.07) is 6.83. The highest BCUT2D eigenvalue weighted by Crippen LogP contribution is 2.42. The molecule has 4 rings (SSSR count). The summed E-state index contributed by atoms with van der Waals surface area (Å²) in [4.78, 5) is 25.5. The predicted molar refractivity (Wildman–Crippen MR) is 92.9 cm³/mol. The van der Waals surface area contributed by atoms with E-state index in [4.69, 9.17) is 9.47 Å². The van der Waals surface area contributed by atoms with E-state index >= 15 is 0 Å². The first kappa shape index (κ1) is 16.4. The number of carbonyl (C=O) groups is 1. The monoisotopic (exact) mass is 354 g/mol. The quantitative estimate of drug-likeness (QED) is 0.786.